The largest absolute Gasteiger partial charge is 0.378 e. The highest BCUT2D eigenvalue weighted by molar-refractivity contribution is 5.95. The molecule has 0 aliphatic heterocycles. The zero-order chi connectivity index (χ0) is 16.0. The normalized spacial score (nSPS) is 11.0. The lowest BCUT2D eigenvalue weighted by molar-refractivity contribution is -0.384. The number of nitro groups is 1. The van der Waals surface area contributed by atoms with Crippen LogP contribution in [0, 0.1) is 10.1 Å². The van der Waals surface area contributed by atoms with Gasteiger partial charge in [0.25, 0.3) is 11.6 Å². The van der Waals surface area contributed by atoms with Crippen molar-refractivity contribution in [3.05, 3.63) is 33.9 Å². The average molecular weight is 294 g/mol. The van der Waals surface area contributed by atoms with E-state index in [1.165, 1.54) is 13.1 Å². The Morgan fingerprint density at radius 2 is 1.95 bits per heavy atom. The Labute approximate surface area is 124 Å². The fourth-order valence-electron chi connectivity index (χ4n) is 1.75. The second-order valence-electron chi connectivity index (χ2n) is 5.67. The van der Waals surface area contributed by atoms with Gasteiger partial charge in [0.2, 0.25) is 0 Å². The number of nitrogens with zero attached hydrogens (tertiary/aromatic N) is 1. The first-order valence-corrected chi connectivity index (χ1v) is 6.74. The monoisotopic (exact) mass is 294 g/mol. The third kappa shape index (κ3) is 5.39. The minimum absolute atomic E-state index is 0.00329. The first-order valence-electron chi connectivity index (χ1n) is 6.74. The summed E-state index contributed by atoms with van der Waals surface area (Å²) in [5, 5.41) is 19.8. The van der Waals surface area contributed by atoms with E-state index >= 15 is 0 Å². The quantitative estimate of drug-likeness (QED) is 0.422. The van der Waals surface area contributed by atoms with Crippen LogP contribution in [0.1, 0.15) is 31.1 Å². The van der Waals surface area contributed by atoms with Crippen LogP contribution in [0.5, 0.6) is 0 Å². The summed E-state index contributed by atoms with van der Waals surface area (Å²) in [6.45, 7) is 7.38. The maximum absolute atomic E-state index is 11.5. The molecule has 0 spiro atoms. The van der Waals surface area contributed by atoms with Crippen LogP contribution >= 0.6 is 0 Å². The molecule has 3 N–H and O–H groups in total. The van der Waals surface area contributed by atoms with Gasteiger partial charge in [0.05, 0.1) is 4.92 Å². The molecule has 1 aromatic rings. The summed E-state index contributed by atoms with van der Waals surface area (Å²) >= 11 is 0. The molecule has 1 amide bonds. The van der Waals surface area contributed by atoms with Crippen LogP contribution in [0.4, 0.5) is 11.4 Å². The predicted octanol–water partition coefficient (Wildman–Crippen LogP) is 1.75. The minimum Gasteiger partial charge on any atom is -0.378 e. The van der Waals surface area contributed by atoms with Crippen molar-refractivity contribution in [1.82, 2.24) is 10.6 Å². The molecule has 0 unspecified atom stereocenters. The Bertz CT molecular complexity index is 523. The van der Waals surface area contributed by atoms with Gasteiger partial charge in [-0.05, 0) is 32.9 Å². The summed E-state index contributed by atoms with van der Waals surface area (Å²) in [5.41, 5.74) is 0.564. The molecule has 7 nitrogen and oxygen atoms in total. The summed E-state index contributed by atoms with van der Waals surface area (Å²) in [6, 6.07) is 4.39. The predicted molar refractivity (Wildman–Crippen MR) is 82.7 cm³/mol. The number of hydrogen-bond donors (Lipinski definition) is 3. The molecule has 7 heteroatoms. The molecule has 1 rings (SSSR count). The minimum atomic E-state index is -0.494. The van der Waals surface area contributed by atoms with Gasteiger partial charge >= 0.3 is 0 Å². The van der Waals surface area contributed by atoms with Crippen molar-refractivity contribution in [3.8, 4) is 0 Å². The Morgan fingerprint density at radius 1 is 1.29 bits per heavy atom. The van der Waals surface area contributed by atoms with Crippen LogP contribution in [0.25, 0.3) is 0 Å². The third-order valence-corrected chi connectivity index (χ3v) is 2.78. The number of amides is 1. The molecular formula is C14H22N4O3. The van der Waals surface area contributed by atoms with Gasteiger partial charge in [-0.3, -0.25) is 14.9 Å². The highest BCUT2D eigenvalue weighted by Gasteiger charge is 2.17. The number of nitro benzene ring substituents is 1. The summed E-state index contributed by atoms with van der Waals surface area (Å²) in [4.78, 5) is 22.1. The maximum Gasteiger partial charge on any atom is 0.293 e. The van der Waals surface area contributed by atoms with Crippen molar-refractivity contribution in [2.24, 2.45) is 0 Å². The van der Waals surface area contributed by atoms with Gasteiger partial charge in [-0.2, -0.15) is 0 Å². The molecule has 0 aliphatic rings. The molecule has 0 fully saturated rings. The molecule has 0 saturated carbocycles. The zero-order valence-electron chi connectivity index (χ0n) is 12.8. The number of anilines is 1. The Hall–Kier alpha value is -2.15. The molecule has 0 radical (unpaired) electrons. The van der Waals surface area contributed by atoms with Crippen LogP contribution in [0.3, 0.4) is 0 Å². The summed E-state index contributed by atoms with van der Waals surface area (Å²) in [5.74, 6) is -0.348. The fraction of sp³-hybridized carbons (Fsp3) is 0.500. The summed E-state index contributed by atoms with van der Waals surface area (Å²) in [6.07, 6.45) is 0. The van der Waals surface area contributed by atoms with E-state index in [-0.39, 0.29) is 22.7 Å². The van der Waals surface area contributed by atoms with E-state index in [0.29, 0.717) is 18.8 Å². The first-order chi connectivity index (χ1) is 9.74. The molecule has 0 saturated heterocycles. The number of rotatable bonds is 6. The van der Waals surface area contributed by atoms with E-state index in [4.69, 9.17) is 0 Å². The van der Waals surface area contributed by atoms with Crippen molar-refractivity contribution in [2.45, 2.75) is 26.3 Å². The highest BCUT2D eigenvalue weighted by Crippen LogP contribution is 2.25. The average Bonchev–Trinajstić information content (AvgIpc) is 2.41. The Kier molecular flexibility index (Phi) is 5.66. The summed E-state index contributed by atoms with van der Waals surface area (Å²) < 4.78 is 0. The molecule has 116 valence electrons. The second kappa shape index (κ2) is 7.03. The van der Waals surface area contributed by atoms with Gasteiger partial charge in [0, 0.05) is 37.3 Å². The van der Waals surface area contributed by atoms with Crippen LogP contribution in [0.15, 0.2) is 18.2 Å². The fourth-order valence-corrected chi connectivity index (χ4v) is 1.75. The molecule has 0 atom stereocenters. The number of benzene rings is 1. The number of carbonyl (C=O) groups excluding carboxylic acids is 1. The van der Waals surface area contributed by atoms with Crippen LogP contribution in [0.2, 0.25) is 0 Å². The molecule has 21 heavy (non-hydrogen) atoms. The smallest absolute Gasteiger partial charge is 0.293 e. The summed E-state index contributed by atoms with van der Waals surface area (Å²) in [7, 11) is 1.48. The maximum atomic E-state index is 11.5. The van der Waals surface area contributed by atoms with Crippen LogP contribution in [-0.2, 0) is 0 Å². The SMILES string of the molecule is CNC(=O)c1ccc(NCCNC(C)(C)C)c([N+](=O)[O-])c1. The molecule has 0 bridgehead atoms. The highest BCUT2D eigenvalue weighted by atomic mass is 16.6. The van der Waals surface area contributed by atoms with Gasteiger partial charge < -0.3 is 16.0 Å². The molecule has 0 aliphatic carbocycles. The number of hydrogen-bond acceptors (Lipinski definition) is 5. The lowest BCUT2D eigenvalue weighted by atomic mass is 10.1. The van der Waals surface area contributed by atoms with Gasteiger partial charge in [0.15, 0.2) is 0 Å². The van der Waals surface area contributed by atoms with Gasteiger partial charge in [0.1, 0.15) is 5.69 Å². The topological polar surface area (TPSA) is 96.3 Å². The lowest BCUT2D eigenvalue weighted by Crippen LogP contribution is -2.38. The molecular weight excluding hydrogens is 272 g/mol. The van der Waals surface area contributed by atoms with Gasteiger partial charge in [-0.15, -0.1) is 0 Å². The molecule has 0 heterocycles. The molecule has 1 aromatic carbocycles. The zero-order valence-corrected chi connectivity index (χ0v) is 12.8. The van der Waals surface area contributed by atoms with E-state index in [0.717, 1.165) is 0 Å². The van der Waals surface area contributed by atoms with Gasteiger partial charge in [-0.25, -0.2) is 0 Å². The van der Waals surface area contributed by atoms with E-state index in [1.54, 1.807) is 12.1 Å². The van der Waals surface area contributed by atoms with Crippen molar-refractivity contribution in [2.75, 3.05) is 25.5 Å². The Balaban J connectivity index is 2.78. The van der Waals surface area contributed by atoms with Crippen LogP contribution < -0.4 is 16.0 Å². The Morgan fingerprint density at radius 3 is 2.48 bits per heavy atom. The number of nitrogens with one attached hydrogen (secondary N) is 3. The van der Waals surface area contributed by atoms with E-state index in [2.05, 4.69) is 16.0 Å². The van der Waals surface area contributed by atoms with Crippen molar-refractivity contribution >= 4 is 17.3 Å². The van der Waals surface area contributed by atoms with E-state index < -0.39 is 4.92 Å². The van der Waals surface area contributed by atoms with Crippen molar-refractivity contribution in [3.63, 3.8) is 0 Å². The lowest BCUT2D eigenvalue weighted by Gasteiger charge is -2.20. The van der Waals surface area contributed by atoms with Crippen molar-refractivity contribution < 1.29 is 9.72 Å². The number of carbonyl (C=O) groups is 1. The van der Waals surface area contributed by atoms with Gasteiger partial charge in [-0.1, -0.05) is 0 Å². The molecule has 0 aromatic heterocycles. The van der Waals surface area contributed by atoms with Crippen LogP contribution in [-0.4, -0.2) is 36.5 Å². The van der Waals surface area contributed by atoms with Crippen molar-refractivity contribution in [1.29, 1.82) is 0 Å². The van der Waals surface area contributed by atoms with E-state index in [1.807, 2.05) is 20.8 Å². The first kappa shape index (κ1) is 16.9. The second-order valence-corrected chi connectivity index (χ2v) is 5.67. The van der Waals surface area contributed by atoms with E-state index in [9.17, 15) is 14.9 Å². The standard InChI is InChI=1S/C14H22N4O3/c1-14(2,3)17-8-7-16-11-6-5-10(13(19)15-4)9-12(11)18(20)21/h5-6,9,16-17H,7-8H2,1-4H3,(H,15,19). The third-order valence-electron chi connectivity index (χ3n) is 2.78.